The topological polar surface area (TPSA) is 70.2 Å². The Morgan fingerprint density at radius 2 is 1.68 bits per heavy atom. The molecule has 2 heterocycles. The van der Waals surface area contributed by atoms with E-state index in [1.54, 1.807) is 0 Å². The molecule has 0 radical (unpaired) electrons. The Hall–Kier alpha value is -2.06. The molecule has 7 nitrogen and oxygen atoms in total. The number of thioether (sulfide) groups is 1. The van der Waals surface area contributed by atoms with E-state index in [9.17, 15) is 14.4 Å². The van der Waals surface area contributed by atoms with E-state index in [0.717, 1.165) is 19.3 Å². The van der Waals surface area contributed by atoms with Crippen LogP contribution >= 0.6 is 11.8 Å². The molecule has 0 aromatic heterocycles. The first-order valence-corrected chi connectivity index (χ1v) is 12.3. The second-order valence-corrected chi connectivity index (χ2v) is 8.95. The van der Waals surface area contributed by atoms with Gasteiger partial charge in [-0.05, 0) is 31.4 Å². The molecule has 2 fully saturated rings. The van der Waals surface area contributed by atoms with Crippen LogP contribution in [0.2, 0.25) is 0 Å². The zero-order valence-electron chi connectivity index (χ0n) is 18.3. The van der Waals surface area contributed by atoms with Crippen LogP contribution in [0.15, 0.2) is 30.3 Å². The summed E-state index contributed by atoms with van der Waals surface area (Å²) in [5, 5.41) is 0. The van der Waals surface area contributed by atoms with Crippen molar-refractivity contribution in [1.29, 1.82) is 0 Å². The molecule has 8 heteroatoms. The molecule has 2 saturated heterocycles. The molecule has 2 aliphatic rings. The first-order chi connectivity index (χ1) is 15.1. The maximum Gasteiger partial charge on any atom is 0.253 e. The van der Waals surface area contributed by atoms with Crippen molar-refractivity contribution in [2.45, 2.75) is 32.2 Å². The van der Waals surface area contributed by atoms with Gasteiger partial charge in [-0.25, -0.2) is 0 Å². The molecular formula is C23H33N3O4S. The van der Waals surface area contributed by atoms with Crippen LogP contribution in [0.4, 0.5) is 0 Å². The van der Waals surface area contributed by atoms with E-state index >= 15 is 0 Å². The lowest BCUT2D eigenvalue weighted by Crippen LogP contribution is -2.49. The van der Waals surface area contributed by atoms with Crippen molar-refractivity contribution < 1.29 is 19.1 Å². The van der Waals surface area contributed by atoms with E-state index < -0.39 is 0 Å². The van der Waals surface area contributed by atoms with E-state index in [0.29, 0.717) is 63.0 Å². The summed E-state index contributed by atoms with van der Waals surface area (Å²) in [6.07, 6.45) is 2.48. The molecule has 2 aliphatic heterocycles. The average Bonchev–Trinajstić information content (AvgIpc) is 2.83. The van der Waals surface area contributed by atoms with Gasteiger partial charge in [0.15, 0.2) is 0 Å². The van der Waals surface area contributed by atoms with Crippen molar-refractivity contribution in [3.8, 4) is 0 Å². The highest BCUT2D eigenvalue weighted by Crippen LogP contribution is 2.20. The Balaban J connectivity index is 1.45. The molecule has 31 heavy (non-hydrogen) atoms. The molecule has 0 atom stereocenters. The van der Waals surface area contributed by atoms with Gasteiger partial charge in [0.05, 0.1) is 24.7 Å². The zero-order chi connectivity index (χ0) is 22.1. The predicted octanol–water partition coefficient (Wildman–Crippen LogP) is 2.12. The number of hydrogen-bond acceptors (Lipinski definition) is 5. The van der Waals surface area contributed by atoms with Crippen LogP contribution in [-0.2, 0) is 14.3 Å². The second-order valence-electron chi connectivity index (χ2n) is 7.96. The van der Waals surface area contributed by atoms with Gasteiger partial charge in [0.2, 0.25) is 11.8 Å². The minimum atomic E-state index is 0.0598. The molecule has 0 aliphatic carbocycles. The second kappa shape index (κ2) is 12.1. The van der Waals surface area contributed by atoms with Crippen LogP contribution in [0, 0.1) is 0 Å². The molecule has 0 bridgehead atoms. The highest BCUT2D eigenvalue weighted by Gasteiger charge is 2.29. The van der Waals surface area contributed by atoms with Gasteiger partial charge in [0, 0.05) is 44.3 Å². The van der Waals surface area contributed by atoms with Crippen LogP contribution < -0.4 is 0 Å². The van der Waals surface area contributed by atoms with E-state index in [2.05, 4.69) is 6.92 Å². The fraction of sp³-hybridized carbons (Fsp3) is 0.609. The maximum absolute atomic E-state index is 12.9. The molecule has 0 saturated carbocycles. The van der Waals surface area contributed by atoms with Gasteiger partial charge in [-0.3, -0.25) is 14.4 Å². The van der Waals surface area contributed by atoms with Gasteiger partial charge in [-0.1, -0.05) is 25.1 Å². The number of carbonyl (C=O) groups is 3. The Kier molecular flexibility index (Phi) is 9.21. The van der Waals surface area contributed by atoms with Crippen molar-refractivity contribution in [3.05, 3.63) is 35.9 Å². The lowest BCUT2D eigenvalue weighted by Gasteiger charge is -2.38. The quantitative estimate of drug-likeness (QED) is 0.611. The number of carbonyl (C=O) groups excluding carboxylic acids is 3. The van der Waals surface area contributed by atoms with E-state index in [4.69, 9.17) is 4.74 Å². The number of morpholine rings is 1. The number of likely N-dealkylation sites (tertiary alicyclic amines) is 1. The van der Waals surface area contributed by atoms with Crippen molar-refractivity contribution in [2.24, 2.45) is 0 Å². The van der Waals surface area contributed by atoms with E-state index in [-0.39, 0.29) is 23.8 Å². The van der Waals surface area contributed by atoms with Crippen LogP contribution in [0.25, 0.3) is 0 Å². The minimum Gasteiger partial charge on any atom is -0.378 e. The first kappa shape index (κ1) is 23.6. The Bertz CT molecular complexity index is 732. The summed E-state index contributed by atoms with van der Waals surface area (Å²) in [5.41, 5.74) is 0.712. The fourth-order valence-electron chi connectivity index (χ4n) is 4.11. The predicted molar refractivity (Wildman–Crippen MR) is 122 cm³/mol. The smallest absolute Gasteiger partial charge is 0.253 e. The zero-order valence-corrected chi connectivity index (χ0v) is 19.1. The van der Waals surface area contributed by atoms with Gasteiger partial charge in [0.25, 0.3) is 5.91 Å². The van der Waals surface area contributed by atoms with Gasteiger partial charge < -0.3 is 19.4 Å². The van der Waals surface area contributed by atoms with Gasteiger partial charge in [-0.2, -0.15) is 0 Å². The third-order valence-corrected chi connectivity index (χ3v) is 6.72. The lowest BCUT2D eigenvalue weighted by atomic mass is 10.0. The van der Waals surface area contributed by atoms with Crippen LogP contribution in [0.3, 0.4) is 0 Å². The van der Waals surface area contributed by atoms with Crippen molar-refractivity contribution in [2.75, 3.05) is 57.4 Å². The standard InChI is InChI=1S/C23H33N3O4S/c1-2-10-26(22(28)18-31-17-21(27)24-13-15-30-16-14-24)20-8-11-25(12-9-20)23(29)19-6-4-3-5-7-19/h3-7,20H,2,8-18H2,1H3. The molecular weight excluding hydrogens is 414 g/mol. The fourth-order valence-corrected chi connectivity index (χ4v) is 4.91. The number of nitrogens with zero attached hydrogens (tertiary/aromatic N) is 3. The number of ether oxygens (including phenoxy) is 1. The summed E-state index contributed by atoms with van der Waals surface area (Å²) in [4.78, 5) is 43.5. The molecule has 170 valence electrons. The number of benzene rings is 1. The minimum absolute atomic E-state index is 0.0598. The van der Waals surface area contributed by atoms with Crippen molar-refractivity contribution in [1.82, 2.24) is 14.7 Å². The number of amides is 3. The number of rotatable bonds is 8. The highest BCUT2D eigenvalue weighted by molar-refractivity contribution is 8.00. The maximum atomic E-state index is 12.9. The monoisotopic (exact) mass is 447 g/mol. The molecule has 0 N–H and O–H groups in total. The molecule has 3 amide bonds. The van der Waals surface area contributed by atoms with Crippen molar-refractivity contribution in [3.63, 3.8) is 0 Å². The van der Waals surface area contributed by atoms with Crippen LogP contribution in [0.1, 0.15) is 36.5 Å². The van der Waals surface area contributed by atoms with Gasteiger partial charge >= 0.3 is 0 Å². The van der Waals surface area contributed by atoms with Gasteiger partial charge in [-0.15, -0.1) is 11.8 Å². The lowest BCUT2D eigenvalue weighted by molar-refractivity contribution is -0.132. The van der Waals surface area contributed by atoms with E-state index in [1.165, 1.54) is 11.8 Å². The Morgan fingerprint density at radius 3 is 2.32 bits per heavy atom. The molecule has 0 unspecified atom stereocenters. The van der Waals surface area contributed by atoms with Crippen molar-refractivity contribution >= 4 is 29.5 Å². The summed E-state index contributed by atoms with van der Waals surface area (Å²) in [5.74, 6) is 0.879. The third-order valence-electron chi connectivity index (χ3n) is 5.81. The summed E-state index contributed by atoms with van der Waals surface area (Å²) in [6, 6.07) is 9.51. The Morgan fingerprint density at radius 1 is 1.00 bits per heavy atom. The largest absolute Gasteiger partial charge is 0.378 e. The third kappa shape index (κ3) is 6.71. The molecule has 3 rings (SSSR count). The van der Waals surface area contributed by atoms with Crippen LogP contribution in [-0.4, -0.2) is 95.9 Å². The first-order valence-electron chi connectivity index (χ1n) is 11.2. The normalized spacial score (nSPS) is 17.5. The average molecular weight is 448 g/mol. The Labute approximate surface area is 189 Å². The molecule has 1 aromatic rings. The van der Waals surface area contributed by atoms with Crippen LogP contribution in [0.5, 0.6) is 0 Å². The van der Waals surface area contributed by atoms with Gasteiger partial charge in [0.1, 0.15) is 0 Å². The SMILES string of the molecule is CCCN(C(=O)CSCC(=O)N1CCOCC1)C1CCN(C(=O)c2ccccc2)CC1. The summed E-state index contributed by atoms with van der Waals surface area (Å²) >= 11 is 1.40. The summed E-state index contributed by atoms with van der Waals surface area (Å²) in [7, 11) is 0. The number of piperidine rings is 1. The highest BCUT2D eigenvalue weighted by atomic mass is 32.2. The number of hydrogen-bond donors (Lipinski definition) is 0. The summed E-state index contributed by atoms with van der Waals surface area (Å²) < 4.78 is 5.28. The van der Waals surface area contributed by atoms with E-state index in [1.807, 2.05) is 45.0 Å². The molecule has 1 aromatic carbocycles. The summed E-state index contributed by atoms with van der Waals surface area (Å²) in [6.45, 7) is 6.56. The molecule has 0 spiro atoms.